The van der Waals surface area contributed by atoms with Gasteiger partial charge in [0.15, 0.2) is 0 Å². The van der Waals surface area contributed by atoms with Gasteiger partial charge in [-0.05, 0) is 36.8 Å². The van der Waals surface area contributed by atoms with Gasteiger partial charge in [-0.1, -0.05) is 41.8 Å². The van der Waals surface area contributed by atoms with Crippen LogP contribution >= 0.6 is 34.8 Å². The molecule has 0 spiro atoms. The van der Waals surface area contributed by atoms with Crippen molar-refractivity contribution < 1.29 is 0 Å². The molecule has 0 bridgehead atoms. The van der Waals surface area contributed by atoms with E-state index in [1.54, 1.807) is 0 Å². The number of hydrogen-bond acceptors (Lipinski definition) is 0. The monoisotopic (exact) mass is 262 g/mol. The Morgan fingerprint density at radius 3 is 2.67 bits per heavy atom. The minimum atomic E-state index is 0.291. The predicted molar refractivity (Wildman–Crippen MR) is 67.3 cm³/mol. The molecule has 0 nitrogen and oxygen atoms in total. The van der Waals surface area contributed by atoms with Crippen LogP contribution in [0.5, 0.6) is 0 Å². The lowest BCUT2D eigenvalue weighted by atomic mass is 9.84. The van der Waals surface area contributed by atoms with Crippen molar-refractivity contribution in [3.8, 4) is 0 Å². The van der Waals surface area contributed by atoms with Crippen molar-refractivity contribution in [2.24, 2.45) is 0 Å². The van der Waals surface area contributed by atoms with E-state index in [0.29, 0.717) is 21.3 Å². The Kier molecular flexibility index (Phi) is 3.82. The Morgan fingerprint density at radius 1 is 1.13 bits per heavy atom. The quantitative estimate of drug-likeness (QED) is 0.606. The molecule has 0 N–H and O–H groups in total. The summed E-state index contributed by atoms with van der Waals surface area (Å²) < 4.78 is 0. The number of hydrogen-bond donors (Lipinski definition) is 0. The lowest BCUT2D eigenvalue weighted by Crippen LogP contribution is -2.14. The summed E-state index contributed by atoms with van der Waals surface area (Å²) in [6, 6.07) is 5.85. The molecule has 2 rings (SSSR count). The predicted octanol–water partition coefficient (Wildman–Crippen LogP) is 5.26. The lowest BCUT2D eigenvalue weighted by molar-refractivity contribution is 0.449. The summed E-state index contributed by atoms with van der Waals surface area (Å²) >= 11 is 18.4. The molecule has 0 amide bonds. The summed E-state index contributed by atoms with van der Waals surface area (Å²) in [6.45, 7) is 0. The first-order valence-electron chi connectivity index (χ1n) is 5.26. The molecule has 1 saturated carbocycles. The Hall–Kier alpha value is 0.0900. The van der Waals surface area contributed by atoms with Crippen molar-refractivity contribution in [1.29, 1.82) is 0 Å². The van der Waals surface area contributed by atoms with Gasteiger partial charge in [-0.3, -0.25) is 0 Å². The minimum absolute atomic E-state index is 0.291. The van der Waals surface area contributed by atoms with Gasteiger partial charge in [-0.2, -0.15) is 0 Å². The first-order chi connectivity index (χ1) is 7.18. The maximum Gasteiger partial charge on any atom is 0.0627 e. The second-order valence-electron chi connectivity index (χ2n) is 4.10. The molecular formula is C12H13Cl3. The van der Waals surface area contributed by atoms with E-state index in [9.17, 15) is 0 Å². The highest BCUT2D eigenvalue weighted by atomic mass is 35.5. The summed E-state index contributed by atoms with van der Waals surface area (Å²) in [5, 5.41) is 1.64. The zero-order valence-electron chi connectivity index (χ0n) is 8.35. The summed E-state index contributed by atoms with van der Waals surface area (Å²) in [7, 11) is 0. The van der Waals surface area contributed by atoms with Crippen LogP contribution in [-0.4, -0.2) is 5.38 Å². The maximum absolute atomic E-state index is 6.20. The van der Waals surface area contributed by atoms with E-state index in [2.05, 4.69) is 6.07 Å². The molecule has 1 fully saturated rings. The summed E-state index contributed by atoms with van der Waals surface area (Å²) in [5.41, 5.74) is 1.16. The van der Waals surface area contributed by atoms with Crippen LogP contribution in [0.2, 0.25) is 10.0 Å². The molecule has 0 aromatic heterocycles. The number of alkyl halides is 1. The van der Waals surface area contributed by atoms with E-state index in [0.717, 1.165) is 18.4 Å². The fraction of sp³-hybridized carbons (Fsp3) is 0.500. The Labute approximate surface area is 106 Å². The Morgan fingerprint density at radius 2 is 1.93 bits per heavy atom. The van der Waals surface area contributed by atoms with Gasteiger partial charge in [0.25, 0.3) is 0 Å². The highest BCUT2D eigenvalue weighted by Gasteiger charge is 2.23. The second-order valence-corrected chi connectivity index (χ2v) is 5.51. The van der Waals surface area contributed by atoms with Crippen LogP contribution in [0.15, 0.2) is 18.2 Å². The Balaban J connectivity index is 2.24. The van der Waals surface area contributed by atoms with Crippen molar-refractivity contribution in [1.82, 2.24) is 0 Å². The zero-order valence-corrected chi connectivity index (χ0v) is 10.6. The van der Waals surface area contributed by atoms with Crippen LogP contribution in [0, 0.1) is 0 Å². The molecule has 0 aliphatic heterocycles. The van der Waals surface area contributed by atoms with Gasteiger partial charge in [0, 0.05) is 5.38 Å². The van der Waals surface area contributed by atoms with Crippen LogP contribution in [-0.2, 0) is 0 Å². The van der Waals surface area contributed by atoms with Crippen LogP contribution in [0.3, 0.4) is 0 Å². The topological polar surface area (TPSA) is 0 Å². The summed E-state index contributed by atoms with van der Waals surface area (Å²) in [6.07, 6.45) is 4.49. The van der Waals surface area contributed by atoms with Gasteiger partial charge >= 0.3 is 0 Å². The van der Waals surface area contributed by atoms with Crippen molar-refractivity contribution in [2.45, 2.75) is 37.0 Å². The standard InChI is InChI=1S/C12H13Cl3/c13-9-4-1-3-8(7-9)10-5-2-6-11(14)12(10)15/h2,5-6,8-9H,1,3-4,7H2. The van der Waals surface area contributed by atoms with Crippen molar-refractivity contribution in [2.75, 3.05) is 0 Å². The largest absolute Gasteiger partial charge is 0.123 e. The average molecular weight is 264 g/mol. The van der Waals surface area contributed by atoms with Crippen LogP contribution in [0.25, 0.3) is 0 Å². The first kappa shape index (κ1) is 11.6. The smallest absolute Gasteiger partial charge is 0.0627 e. The maximum atomic E-state index is 6.20. The first-order valence-corrected chi connectivity index (χ1v) is 6.45. The molecule has 0 radical (unpaired) electrons. The van der Waals surface area contributed by atoms with E-state index >= 15 is 0 Å². The highest BCUT2D eigenvalue weighted by Crippen LogP contribution is 2.40. The third-order valence-corrected chi connectivity index (χ3v) is 4.26. The molecule has 1 aliphatic carbocycles. The molecular weight excluding hydrogens is 250 g/mol. The third-order valence-electron chi connectivity index (χ3n) is 3.03. The van der Waals surface area contributed by atoms with Gasteiger partial charge in [-0.25, -0.2) is 0 Å². The fourth-order valence-electron chi connectivity index (χ4n) is 2.25. The molecule has 15 heavy (non-hydrogen) atoms. The molecule has 0 saturated heterocycles. The van der Waals surface area contributed by atoms with E-state index in [-0.39, 0.29) is 0 Å². The second kappa shape index (κ2) is 4.95. The summed E-state index contributed by atoms with van der Waals surface area (Å²) in [5.74, 6) is 0.479. The minimum Gasteiger partial charge on any atom is -0.123 e. The van der Waals surface area contributed by atoms with Crippen LogP contribution < -0.4 is 0 Å². The molecule has 1 aromatic carbocycles. The molecule has 3 heteroatoms. The van der Waals surface area contributed by atoms with Gasteiger partial charge < -0.3 is 0 Å². The van der Waals surface area contributed by atoms with Crippen LogP contribution in [0.1, 0.15) is 37.2 Å². The van der Waals surface area contributed by atoms with Crippen molar-refractivity contribution >= 4 is 34.8 Å². The fourth-order valence-corrected chi connectivity index (χ4v) is 3.08. The normalized spacial score (nSPS) is 26.6. The van der Waals surface area contributed by atoms with E-state index in [1.807, 2.05) is 12.1 Å². The third kappa shape index (κ3) is 2.61. The molecule has 82 valence electrons. The van der Waals surface area contributed by atoms with Crippen LogP contribution in [0.4, 0.5) is 0 Å². The van der Waals surface area contributed by atoms with Crippen molar-refractivity contribution in [3.05, 3.63) is 33.8 Å². The number of halogens is 3. The Bertz CT molecular complexity index is 349. The van der Waals surface area contributed by atoms with E-state index in [4.69, 9.17) is 34.8 Å². The lowest BCUT2D eigenvalue weighted by Gasteiger charge is -2.26. The van der Waals surface area contributed by atoms with E-state index in [1.165, 1.54) is 12.8 Å². The van der Waals surface area contributed by atoms with E-state index < -0.39 is 0 Å². The van der Waals surface area contributed by atoms with Gasteiger partial charge in [0.05, 0.1) is 10.0 Å². The SMILES string of the molecule is Clc1cccc(C2CCCC(Cl)C2)c1Cl. The van der Waals surface area contributed by atoms with Gasteiger partial charge in [-0.15, -0.1) is 11.6 Å². The number of benzene rings is 1. The molecule has 0 heterocycles. The highest BCUT2D eigenvalue weighted by molar-refractivity contribution is 6.42. The number of rotatable bonds is 1. The van der Waals surface area contributed by atoms with Crippen molar-refractivity contribution in [3.63, 3.8) is 0 Å². The molecule has 1 aromatic rings. The zero-order chi connectivity index (χ0) is 10.8. The molecule has 2 unspecified atom stereocenters. The average Bonchev–Trinajstić information content (AvgIpc) is 2.22. The summed E-state index contributed by atoms with van der Waals surface area (Å²) in [4.78, 5) is 0. The van der Waals surface area contributed by atoms with Gasteiger partial charge in [0.1, 0.15) is 0 Å². The molecule has 2 atom stereocenters. The van der Waals surface area contributed by atoms with Gasteiger partial charge in [0.2, 0.25) is 0 Å². The molecule has 1 aliphatic rings.